The Morgan fingerprint density at radius 2 is 1.72 bits per heavy atom. The van der Waals surface area contributed by atoms with Crippen LogP contribution in [0.2, 0.25) is 0 Å². The summed E-state index contributed by atoms with van der Waals surface area (Å²) in [5.41, 5.74) is 1.28. The minimum absolute atomic E-state index is 0.230. The molecule has 29 heavy (non-hydrogen) atoms. The van der Waals surface area contributed by atoms with Gasteiger partial charge < -0.3 is 15.2 Å². The summed E-state index contributed by atoms with van der Waals surface area (Å²) < 4.78 is 5.72. The van der Waals surface area contributed by atoms with Gasteiger partial charge in [0, 0.05) is 12.0 Å². The summed E-state index contributed by atoms with van der Waals surface area (Å²) in [6.07, 6.45) is 2.31. The standard InChI is InChI=1S/C24H25NO4/c1-2-3-13-29-21-12-11-18-15-20(10-9-19(18)16-21)23(26)25-22(24(27)28)14-17-7-5-4-6-8-17/h4-12,15-16,22H,2-3,13-14H2,1H3,(H,25,26)(H,27,28). The van der Waals surface area contributed by atoms with E-state index in [1.165, 1.54) is 0 Å². The minimum Gasteiger partial charge on any atom is -0.494 e. The molecule has 0 radical (unpaired) electrons. The number of carboxylic acids is 1. The Morgan fingerprint density at radius 3 is 2.45 bits per heavy atom. The number of hydrogen-bond donors (Lipinski definition) is 2. The van der Waals surface area contributed by atoms with E-state index < -0.39 is 17.9 Å². The van der Waals surface area contributed by atoms with E-state index in [1.807, 2.05) is 54.6 Å². The second kappa shape index (κ2) is 9.73. The Balaban J connectivity index is 1.72. The maximum atomic E-state index is 12.6. The van der Waals surface area contributed by atoms with Crippen LogP contribution in [-0.2, 0) is 11.2 Å². The summed E-state index contributed by atoms with van der Waals surface area (Å²) >= 11 is 0. The number of amides is 1. The topological polar surface area (TPSA) is 75.6 Å². The van der Waals surface area contributed by atoms with Crippen molar-refractivity contribution < 1.29 is 19.4 Å². The number of unbranched alkanes of at least 4 members (excludes halogenated alkanes) is 1. The Morgan fingerprint density at radius 1 is 1.00 bits per heavy atom. The quantitative estimate of drug-likeness (QED) is 0.529. The predicted molar refractivity (Wildman–Crippen MR) is 113 cm³/mol. The number of ether oxygens (including phenoxy) is 1. The fourth-order valence-corrected chi connectivity index (χ4v) is 3.08. The molecule has 1 atom stereocenters. The molecule has 3 aromatic rings. The summed E-state index contributed by atoms with van der Waals surface area (Å²) in [6.45, 7) is 2.80. The van der Waals surface area contributed by atoms with Crippen LogP contribution in [-0.4, -0.2) is 29.6 Å². The molecule has 0 aliphatic rings. The van der Waals surface area contributed by atoms with Gasteiger partial charge in [-0.25, -0.2) is 4.79 Å². The smallest absolute Gasteiger partial charge is 0.326 e. The Bertz CT molecular complexity index is 985. The lowest BCUT2D eigenvalue weighted by Crippen LogP contribution is -2.42. The highest BCUT2D eigenvalue weighted by Gasteiger charge is 2.21. The van der Waals surface area contributed by atoms with Crippen molar-refractivity contribution in [1.82, 2.24) is 5.32 Å². The zero-order valence-electron chi connectivity index (χ0n) is 16.4. The van der Waals surface area contributed by atoms with Gasteiger partial charge in [-0.15, -0.1) is 0 Å². The molecule has 150 valence electrons. The van der Waals surface area contributed by atoms with Gasteiger partial charge in [-0.1, -0.05) is 55.8 Å². The average molecular weight is 391 g/mol. The molecule has 0 spiro atoms. The van der Waals surface area contributed by atoms with Crippen LogP contribution in [0.25, 0.3) is 10.8 Å². The minimum atomic E-state index is -1.06. The van der Waals surface area contributed by atoms with Gasteiger partial charge >= 0.3 is 5.97 Å². The normalized spacial score (nSPS) is 11.8. The van der Waals surface area contributed by atoms with E-state index >= 15 is 0 Å². The van der Waals surface area contributed by atoms with Crippen molar-refractivity contribution in [2.75, 3.05) is 6.61 Å². The Hall–Kier alpha value is -3.34. The summed E-state index contributed by atoms with van der Waals surface area (Å²) in [5, 5.41) is 14.0. The number of aliphatic carboxylic acids is 1. The molecule has 0 aliphatic heterocycles. The van der Waals surface area contributed by atoms with Gasteiger partial charge in [0.05, 0.1) is 6.61 Å². The van der Waals surface area contributed by atoms with E-state index in [1.54, 1.807) is 12.1 Å². The highest BCUT2D eigenvalue weighted by molar-refractivity contribution is 6.00. The highest BCUT2D eigenvalue weighted by atomic mass is 16.5. The molecule has 0 aromatic heterocycles. The van der Waals surface area contributed by atoms with Crippen molar-refractivity contribution in [3.05, 3.63) is 77.9 Å². The van der Waals surface area contributed by atoms with E-state index in [9.17, 15) is 14.7 Å². The molecule has 5 nitrogen and oxygen atoms in total. The van der Waals surface area contributed by atoms with Crippen LogP contribution in [0.15, 0.2) is 66.7 Å². The molecule has 1 unspecified atom stereocenters. The molecule has 0 saturated carbocycles. The molecule has 0 aliphatic carbocycles. The predicted octanol–water partition coefficient (Wildman–Crippen LogP) is 4.44. The van der Waals surface area contributed by atoms with Crippen LogP contribution < -0.4 is 10.1 Å². The lowest BCUT2D eigenvalue weighted by Gasteiger charge is -2.15. The monoisotopic (exact) mass is 391 g/mol. The van der Waals surface area contributed by atoms with Crippen LogP contribution in [0.1, 0.15) is 35.7 Å². The van der Waals surface area contributed by atoms with Crippen molar-refractivity contribution in [2.45, 2.75) is 32.2 Å². The van der Waals surface area contributed by atoms with Gasteiger partial charge in [-0.3, -0.25) is 4.79 Å². The number of rotatable bonds is 9. The second-order valence-corrected chi connectivity index (χ2v) is 6.98. The van der Waals surface area contributed by atoms with Crippen molar-refractivity contribution in [3.8, 4) is 5.75 Å². The third-order valence-electron chi connectivity index (χ3n) is 4.73. The highest BCUT2D eigenvalue weighted by Crippen LogP contribution is 2.22. The molecule has 5 heteroatoms. The first kappa shape index (κ1) is 20.4. The van der Waals surface area contributed by atoms with Gasteiger partial charge in [-0.05, 0) is 47.0 Å². The van der Waals surface area contributed by atoms with Gasteiger partial charge in [0.1, 0.15) is 11.8 Å². The largest absolute Gasteiger partial charge is 0.494 e. The molecule has 0 bridgehead atoms. The molecule has 3 rings (SSSR count). The van der Waals surface area contributed by atoms with Crippen molar-refractivity contribution in [1.29, 1.82) is 0 Å². The van der Waals surface area contributed by atoms with Crippen LogP contribution in [0.5, 0.6) is 5.75 Å². The van der Waals surface area contributed by atoms with Crippen molar-refractivity contribution >= 4 is 22.6 Å². The van der Waals surface area contributed by atoms with Gasteiger partial charge in [0.2, 0.25) is 0 Å². The Labute approximate surface area is 170 Å². The number of nitrogens with one attached hydrogen (secondary N) is 1. The number of benzene rings is 3. The first-order valence-electron chi connectivity index (χ1n) is 9.81. The first-order chi connectivity index (χ1) is 14.1. The first-order valence-corrected chi connectivity index (χ1v) is 9.81. The summed E-state index contributed by atoms with van der Waals surface area (Å²) in [4.78, 5) is 24.2. The number of hydrogen-bond acceptors (Lipinski definition) is 3. The number of carbonyl (C=O) groups excluding carboxylic acids is 1. The second-order valence-electron chi connectivity index (χ2n) is 6.98. The molecular weight excluding hydrogens is 366 g/mol. The van der Waals surface area contributed by atoms with Crippen LogP contribution >= 0.6 is 0 Å². The van der Waals surface area contributed by atoms with E-state index in [0.717, 1.165) is 34.9 Å². The van der Waals surface area contributed by atoms with E-state index in [4.69, 9.17) is 4.74 Å². The lowest BCUT2D eigenvalue weighted by molar-refractivity contribution is -0.139. The van der Waals surface area contributed by atoms with Crippen LogP contribution in [0.3, 0.4) is 0 Å². The summed E-state index contributed by atoms with van der Waals surface area (Å²) in [6, 6.07) is 19.3. The number of fused-ring (bicyclic) bond motifs is 1. The molecule has 0 saturated heterocycles. The van der Waals surface area contributed by atoms with Crippen LogP contribution in [0, 0.1) is 0 Å². The van der Waals surface area contributed by atoms with E-state index in [2.05, 4.69) is 12.2 Å². The zero-order valence-corrected chi connectivity index (χ0v) is 16.4. The van der Waals surface area contributed by atoms with Crippen molar-refractivity contribution in [2.24, 2.45) is 0 Å². The third kappa shape index (κ3) is 5.57. The zero-order chi connectivity index (χ0) is 20.6. The van der Waals surface area contributed by atoms with Crippen molar-refractivity contribution in [3.63, 3.8) is 0 Å². The maximum Gasteiger partial charge on any atom is 0.326 e. The van der Waals surface area contributed by atoms with E-state index in [0.29, 0.717) is 12.2 Å². The SMILES string of the molecule is CCCCOc1ccc2cc(C(=O)NC(Cc3ccccc3)C(=O)O)ccc2c1. The van der Waals surface area contributed by atoms with Gasteiger partial charge in [0.15, 0.2) is 0 Å². The molecule has 2 N–H and O–H groups in total. The maximum absolute atomic E-state index is 12.6. The lowest BCUT2D eigenvalue weighted by atomic mass is 10.0. The van der Waals surface area contributed by atoms with Gasteiger partial charge in [-0.2, -0.15) is 0 Å². The van der Waals surface area contributed by atoms with E-state index in [-0.39, 0.29) is 6.42 Å². The fourth-order valence-electron chi connectivity index (χ4n) is 3.08. The molecular formula is C24H25NO4. The molecule has 3 aromatic carbocycles. The number of carboxylic acid groups (broad SMARTS) is 1. The Kier molecular flexibility index (Phi) is 6.85. The molecule has 1 amide bonds. The molecule has 0 heterocycles. The van der Waals surface area contributed by atoms with Gasteiger partial charge in [0.25, 0.3) is 5.91 Å². The number of carbonyl (C=O) groups is 2. The summed E-state index contributed by atoms with van der Waals surface area (Å²) in [7, 11) is 0. The third-order valence-corrected chi connectivity index (χ3v) is 4.73. The fraction of sp³-hybridized carbons (Fsp3) is 0.250. The summed E-state index contributed by atoms with van der Waals surface area (Å²) in [5.74, 6) is -0.660. The average Bonchev–Trinajstić information content (AvgIpc) is 2.73. The van der Waals surface area contributed by atoms with Crippen LogP contribution in [0.4, 0.5) is 0 Å². The molecule has 0 fully saturated rings.